The van der Waals surface area contributed by atoms with Crippen molar-refractivity contribution in [2.75, 3.05) is 7.11 Å². The van der Waals surface area contributed by atoms with Crippen molar-refractivity contribution in [3.8, 4) is 5.75 Å². The van der Waals surface area contributed by atoms with Gasteiger partial charge in [0, 0.05) is 15.9 Å². The maximum atomic E-state index is 12.1. The fourth-order valence-electron chi connectivity index (χ4n) is 2.14. The van der Waals surface area contributed by atoms with Crippen LogP contribution in [-0.2, 0) is 0 Å². The molecule has 0 aliphatic heterocycles. The molecule has 6 heteroatoms. The number of methoxy groups -OCH3 is 1. The van der Waals surface area contributed by atoms with Gasteiger partial charge in [-0.15, -0.1) is 0 Å². The summed E-state index contributed by atoms with van der Waals surface area (Å²) in [6.07, 6.45) is 1.57. The van der Waals surface area contributed by atoms with Crippen LogP contribution < -0.4 is 10.2 Å². The van der Waals surface area contributed by atoms with Gasteiger partial charge in [0.05, 0.1) is 13.3 Å². The molecule has 0 aliphatic carbocycles. The van der Waals surface area contributed by atoms with E-state index in [-0.39, 0.29) is 5.91 Å². The third kappa shape index (κ3) is 3.52. The number of rotatable bonds is 4. The number of amides is 1. The van der Waals surface area contributed by atoms with Crippen LogP contribution in [0.3, 0.4) is 0 Å². The Labute approximate surface area is 137 Å². The fourth-order valence-corrected chi connectivity index (χ4v) is 2.32. The molecule has 0 fully saturated rings. The van der Waals surface area contributed by atoms with Crippen molar-refractivity contribution in [1.82, 2.24) is 10.4 Å². The summed E-state index contributed by atoms with van der Waals surface area (Å²) in [5, 5.41) is 5.45. The van der Waals surface area contributed by atoms with Gasteiger partial charge in [-0.3, -0.25) is 4.79 Å². The molecule has 5 nitrogen and oxygen atoms in total. The normalized spacial score (nSPS) is 11.0. The van der Waals surface area contributed by atoms with E-state index in [1.165, 1.54) is 0 Å². The first-order valence-electron chi connectivity index (χ1n) is 6.91. The molecule has 0 spiro atoms. The van der Waals surface area contributed by atoms with E-state index in [2.05, 4.69) is 15.5 Å². The number of H-pyrrole nitrogens is 1. The summed E-state index contributed by atoms with van der Waals surface area (Å²) >= 11 is 5.93. The minimum Gasteiger partial charge on any atom is -0.497 e. The summed E-state index contributed by atoms with van der Waals surface area (Å²) < 4.78 is 5.08. The predicted octanol–water partition coefficient (Wildman–Crippen LogP) is 3.59. The Bertz CT molecular complexity index is 869. The number of carbonyl (C=O) groups excluding carboxylic acids is 1. The minimum atomic E-state index is -0.318. The van der Waals surface area contributed by atoms with Crippen LogP contribution in [0, 0.1) is 0 Å². The molecule has 1 heterocycles. The van der Waals surface area contributed by atoms with Crippen LogP contribution >= 0.6 is 11.6 Å². The van der Waals surface area contributed by atoms with Gasteiger partial charge in [-0.2, -0.15) is 5.10 Å². The van der Waals surface area contributed by atoms with Crippen molar-refractivity contribution in [3.63, 3.8) is 0 Å². The molecule has 2 N–H and O–H groups in total. The van der Waals surface area contributed by atoms with E-state index in [1.54, 1.807) is 31.5 Å². The highest BCUT2D eigenvalue weighted by atomic mass is 35.5. The summed E-state index contributed by atoms with van der Waals surface area (Å²) in [5.74, 6) is 0.449. The van der Waals surface area contributed by atoms with E-state index < -0.39 is 0 Å². The molecule has 116 valence electrons. The maximum absolute atomic E-state index is 12.1. The number of hydrogen-bond donors (Lipinski definition) is 2. The van der Waals surface area contributed by atoms with Gasteiger partial charge in [0.2, 0.25) is 0 Å². The summed E-state index contributed by atoms with van der Waals surface area (Å²) in [6.45, 7) is 0. The topological polar surface area (TPSA) is 66.5 Å². The number of fused-ring (bicyclic) bond motifs is 1. The van der Waals surface area contributed by atoms with Crippen LogP contribution in [0.15, 0.2) is 53.6 Å². The summed E-state index contributed by atoms with van der Waals surface area (Å²) in [6, 6.07) is 14.5. The predicted molar refractivity (Wildman–Crippen MR) is 91.4 cm³/mol. The van der Waals surface area contributed by atoms with Crippen molar-refractivity contribution >= 4 is 34.6 Å². The average molecular weight is 328 g/mol. The molecule has 3 aromatic rings. The number of hydrogen-bond acceptors (Lipinski definition) is 3. The lowest BCUT2D eigenvalue weighted by Crippen LogP contribution is -2.17. The van der Waals surface area contributed by atoms with E-state index in [0.717, 1.165) is 22.2 Å². The number of aromatic nitrogens is 1. The zero-order chi connectivity index (χ0) is 16.2. The molecule has 1 aromatic heterocycles. The second kappa shape index (κ2) is 6.54. The molecule has 0 aliphatic rings. The first-order chi connectivity index (χ1) is 11.2. The van der Waals surface area contributed by atoms with E-state index in [4.69, 9.17) is 16.3 Å². The largest absolute Gasteiger partial charge is 0.497 e. The molecule has 0 saturated heterocycles. The monoisotopic (exact) mass is 327 g/mol. The third-order valence-electron chi connectivity index (χ3n) is 3.32. The smallest absolute Gasteiger partial charge is 0.287 e. The fraction of sp³-hybridized carbons (Fsp3) is 0.0588. The van der Waals surface area contributed by atoms with Crippen molar-refractivity contribution in [2.45, 2.75) is 0 Å². The van der Waals surface area contributed by atoms with E-state index >= 15 is 0 Å². The van der Waals surface area contributed by atoms with Gasteiger partial charge >= 0.3 is 0 Å². The van der Waals surface area contributed by atoms with E-state index in [1.807, 2.05) is 30.3 Å². The molecule has 23 heavy (non-hydrogen) atoms. The van der Waals surface area contributed by atoms with Gasteiger partial charge in [0.1, 0.15) is 11.4 Å². The van der Waals surface area contributed by atoms with Gasteiger partial charge < -0.3 is 9.72 Å². The van der Waals surface area contributed by atoms with Crippen molar-refractivity contribution in [2.24, 2.45) is 5.10 Å². The van der Waals surface area contributed by atoms with Gasteiger partial charge in [-0.25, -0.2) is 5.43 Å². The van der Waals surface area contributed by atoms with Crippen LogP contribution in [0.1, 0.15) is 16.1 Å². The number of ether oxygens (including phenoxy) is 1. The van der Waals surface area contributed by atoms with Gasteiger partial charge in [0.15, 0.2) is 0 Å². The van der Waals surface area contributed by atoms with Crippen molar-refractivity contribution in [3.05, 3.63) is 64.8 Å². The highest BCUT2D eigenvalue weighted by Crippen LogP contribution is 2.20. The number of benzene rings is 2. The van der Waals surface area contributed by atoms with Gasteiger partial charge in [-0.1, -0.05) is 11.6 Å². The number of carbonyl (C=O) groups is 1. The first-order valence-corrected chi connectivity index (χ1v) is 7.29. The maximum Gasteiger partial charge on any atom is 0.287 e. The lowest BCUT2D eigenvalue weighted by Gasteiger charge is -1.99. The van der Waals surface area contributed by atoms with Crippen molar-refractivity contribution < 1.29 is 9.53 Å². The Morgan fingerprint density at radius 1 is 1.22 bits per heavy atom. The number of hydrazone groups is 1. The third-order valence-corrected chi connectivity index (χ3v) is 3.56. The molecular weight excluding hydrogens is 314 g/mol. The summed E-state index contributed by atoms with van der Waals surface area (Å²) in [7, 11) is 1.61. The minimum absolute atomic E-state index is 0.318. The lowest BCUT2D eigenvalue weighted by molar-refractivity contribution is 0.0951. The van der Waals surface area contributed by atoms with E-state index in [0.29, 0.717) is 10.7 Å². The quantitative estimate of drug-likeness (QED) is 0.568. The molecule has 2 aromatic carbocycles. The highest BCUT2D eigenvalue weighted by Gasteiger charge is 2.08. The van der Waals surface area contributed by atoms with Crippen LogP contribution in [0.25, 0.3) is 10.9 Å². The Hall–Kier alpha value is -2.79. The molecule has 0 unspecified atom stereocenters. The van der Waals surface area contributed by atoms with Gasteiger partial charge in [-0.05, 0) is 54.1 Å². The number of halogens is 1. The van der Waals surface area contributed by atoms with Crippen LogP contribution in [0.2, 0.25) is 5.02 Å². The Kier molecular flexibility index (Phi) is 4.30. The van der Waals surface area contributed by atoms with Crippen LogP contribution in [-0.4, -0.2) is 24.2 Å². The lowest BCUT2D eigenvalue weighted by atomic mass is 10.2. The second-order valence-corrected chi connectivity index (χ2v) is 5.32. The Balaban J connectivity index is 1.68. The van der Waals surface area contributed by atoms with Gasteiger partial charge in [0.25, 0.3) is 5.91 Å². The number of aromatic amines is 1. The standard InChI is InChI=1S/C17H14ClN3O2/c1-23-14-5-2-11(3-6-14)10-19-21-17(22)16-9-12-8-13(18)4-7-15(12)20-16/h2-10,20H,1H3,(H,21,22)/b19-10-. The molecule has 0 saturated carbocycles. The molecule has 0 bridgehead atoms. The molecular formula is C17H14ClN3O2. The van der Waals surface area contributed by atoms with Crippen LogP contribution in [0.4, 0.5) is 0 Å². The molecule has 3 rings (SSSR count). The summed E-state index contributed by atoms with van der Waals surface area (Å²) in [5.41, 5.74) is 4.61. The zero-order valence-electron chi connectivity index (χ0n) is 12.3. The average Bonchev–Trinajstić information content (AvgIpc) is 2.98. The Morgan fingerprint density at radius 3 is 2.74 bits per heavy atom. The SMILES string of the molecule is COc1ccc(/C=N\NC(=O)c2cc3cc(Cl)ccc3[nH]2)cc1. The molecule has 0 atom stereocenters. The zero-order valence-corrected chi connectivity index (χ0v) is 13.1. The number of nitrogens with zero attached hydrogens (tertiary/aromatic N) is 1. The van der Waals surface area contributed by atoms with Crippen LogP contribution in [0.5, 0.6) is 5.75 Å². The molecule has 0 radical (unpaired) electrons. The van der Waals surface area contributed by atoms with E-state index in [9.17, 15) is 4.79 Å². The second-order valence-electron chi connectivity index (χ2n) is 4.89. The molecule has 1 amide bonds. The highest BCUT2D eigenvalue weighted by molar-refractivity contribution is 6.31. The summed E-state index contributed by atoms with van der Waals surface area (Å²) in [4.78, 5) is 15.1. The first kappa shape index (κ1) is 15.1. The van der Waals surface area contributed by atoms with Crippen molar-refractivity contribution in [1.29, 1.82) is 0 Å². The Morgan fingerprint density at radius 2 is 2.00 bits per heavy atom. The number of nitrogens with one attached hydrogen (secondary N) is 2.